The zero-order chi connectivity index (χ0) is 12.0. The van der Waals surface area contributed by atoms with E-state index in [1.807, 2.05) is 51.1 Å². The highest BCUT2D eigenvalue weighted by atomic mass is 19.1. The lowest BCUT2D eigenvalue weighted by Crippen LogP contribution is -2.02. The molecule has 0 aliphatic heterocycles. The fourth-order valence-electron chi connectivity index (χ4n) is 1.77. The van der Waals surface area contributed by atoms with Crippen molar-refractivity contribution in [2.24, 2.45) is 0 Å². The second-order valence-electron chi connectivity index (χ2n) is 3.68. The van der Waals surface area contributed by atoms with Crippen LogP contribution < -0.4 is 0 Å². The van der Waals surface area contributed by atoms with Crippen molar-refractivity contribution in [3.05, 3.63) is 59.4 Å². The van der Waals surface area contributed by atoms with Gasteiger partial charge in [0, 0.05) is 5.92 Å². The second kappa shape index (κ2) is 6.26. The molecule has 2 rings (SSSR count). The van der Waals surface area contributed by atoms with E-state index in [-0.39, 0.29) is 11.7 Å². The minimum atomic E-state index is -0.0695. The van der Waals surface area contributed by atoms with E-state index in [1.165, 1.54) is 0 Å². The van der Waals surface area contributed by atoms with Gasteiger partial charge in [-0.3, -0.25) is 0 Å². The minimum Gasteiger partial charge on any atom is -0.211 e. The van der Waals surface area contributed by atoms with E-state index in [0.717, 1.165) is 17.6 Å². The maximum Gasteiger partial charge on any atom is 0.108 e. The molecule has 86 valence electrons. The second-order valence-corrected chi connectivity index (χ2v) is 3.68. The number of hydrogen-bond donors (Lipinski definition) is 0. The Morgan fingerprint density at radius 3 is 2.31 bits per heavy atom. The molecule has 1 atom stereocenters. The maximum atomic E-state index is 13.6. The predicted octanol–water partition coefficient (Wildman–Crippen LogP) is 5.00. The molecular weight excluding hydrogens is 199 g/mol. The van der Waals surface area contributed by atoms with Gasteiger partial charge in [-0.25, -0.2) is 4.39 Å². The number of halogens is 1. The van der Waals surface area contributed by atoms with Gasteiger partial charge >= 0.3 is 0 Å². The molecule has 0 heterocycles. The summed E-state index contributed by atoms with van der Waals surface area (Å²) in [6.07, 6.45) is 4.49. The summed E-state index contributed by atoms with van der Waals surface area (Å²) < 4.78 is 13.6. The average molecular weight is 218 g/mol. The van der Waals surface area contributed by atoms with E-state index < -0.39 is 0 Å². The number of hydrogen-bond acceptors (Lipinski definition) is 0. The van der Waals surface area contributed by atoms with Crippen molar-refractivity contribution in [2.45, 2.75) is 33.1 Å². The fraction of sp³-hybridized carbons (Fsp3) is 0.333. The van der Waals surface area contributed by atoms with Crippen LogP contribution >= 0.6 is 0 Å². The Balaban J connectivity index is 0.000000606. The first kappa shape index (κ1) is 12.7. The first-order valence-electron chi connectivity index (χ1n) is 5.86. The fourth-order valence-corrected chi connectivity index (χ4v) is 1.77. The standard InChI is InChI=1S/C13H13F.C2H6/c1-10-7-8-12(13(14)9-10)11-5-3-2-4-6-11;1-2/h2-7,9,12H,8H2,1H3;1-2H3. The molecule has 1 heteroatoms. The summed E-state index contributed by atoms with van der Waals surface area (Å²) >= 11 is 0. The number of allylic oxidation sites excluding steroid dienone is 4. The van der Waals surface area contributed by atoms with Gasteiger partial charge in [-0.1, -0.05) is 55.8 Å². The molecule has 1 aromatic rings. The van der Waals surface area contributed by atoms with Gasteiger partial charge in [-0.05, 0) is 25.0 Å². The molecule has 1 aliphatic rings. The van der Waals surface area contributed by atoms with Crippen molar-refractivity contribution in [3.8, 4) is 0 Å². The smallest absolute Gasteiger partial charge is 0.108 e. The summed E-state index contributed by atoms with van der Waals surface area (Å²) in [4.78, 5) is 0. The topological polar surface area (TPSA) is 0 Å². The highest BCUT2D eigenvalue weighted by Crippen LogP contribution is 2.33. The summed E-state index contributed by atoms with van der Waals surface area (Å²) in [6.45, 7) is 5.93. The first-order valence-corrected chi connectivity index (χ1v) is 5.86. The molecule has 1 unspecified atom stereocenters. The monoisotopic (exact) mass is 218 g/mol. The zero-order valence-electron chi connectivity index (χ0n) is 10.2. The van der Waals surface area contributed by atoms with Crippen molar-refractivity contribution < 1.29 is 4.39 Å². The quantitative estimate of drug-likeness (QED) is 0.622. The maximum absolute atomic E-state index is 13.6. The van der Waals surface area contributed by atoms with Crippen LogP contribution in [0.25, 0.3) is 0 Å². The van der Waals surface area contributed by atoms with Gasteiger partial charge in [0.05, 0.1) is 0 Å². The van der Waals surface area contributed by atoms with E-state index in [2.05, 4.69) is 6.08 Å². The Morgan fingerprint density at radius 1 is 1.12 bits per heavy atom. The summed E-state index contributed by atoms with van der Waals surface area (Å²) in [7, 11) is 0. The zero-order valence-corrected chi connectivity index (χ0v) is 10.2. The molecule has 0 radical (unpaired) electrons. The van der Waals surface area contributed by atoms with Gasteiger partial charge in [0.2, 0.25) is 0 Å². The average Bonchev–Trinajstić information content (AvgIpc) is 2.33. The van der Waals surface area contributed by atoms with Crippen LogP contribution in [0, 0.1) is 0 Å². The van der Waals surface area contributed by atoms with Crippen molar-refractivity contribution in [1.82, 2.24) is 0 Å². The van der Waals surface area contributed by atoms with E-state index >= 15 is 0 Å². The largest absolute Gasteiger partial charge is 0.211 e. The van der Waals surface area contributed by atoms with E-state index in [0.29, 0.717) is 0 Å². The Hall–Kier alpha value is -1.37. The molecule has 0 aromatic heterocycles. The van der Waals surface area contributed by atoms with Crippen LogP contribution in [0.3, 0.4) is 0 Å². The molecule has 1 aliphatic carbocycles. The summed E-state index contributed by atoms with van der Waals surface area (Å²) in [5.41, 5.74) is 2.08. The van der Waals surface area contributed by atoms with Gasteiger partial charge < -0.3 is 0 Å². The molecular formula is C15H19F. The molecule has 1 aromatic carbocycles. The van der Waals surface area contributed by atoms with Crippen LogP contribution in [0.4, 0.5) is 4.39 Å². The molecule has 0 saturated heterocycles. The lowest BCUT2D eigenvalue weighted by atomic mass is 9.89. The van der Waals surface area contributed by atoms with Crippen LogP contribution in [0.2, 0.25) is 0 Å². The Labute approximate surface area is 97.5 Å². The highest BCUT2D eigenvalue weighted by Gasteiger charge is 2.18. The third-order valence-corrected chi connectivity index (χ3v) is 2.58. The molecule has 0 nitrogen and oxygen atoms in total. The van der Waals surface area contributed by atoms with Gasteiger partial charge in [0.25, 0.3) is 0 Å². The van der Waals surface area contributed by atoms with Gasteiger partial charge in [0.15, 0.2) is 0 Å². The lowest BCUT2D eigenvalue weighted by Gasteiger charge is -2.17. The molecule has 0 N–H and O–H groups in total. The van der Waals surface area contributed by atoms with Gasteiger partial charge in [-0.2, -0.15) is 0 Å². The summed E-state index contributed by atoms with van der Waals surface area (Å²) in [5, 5.41) is 0. The van der Waals surface area contributed by atoms with Crippen LogP contribution in [-0.4, -0.2) is 0 Å². The van der Waals surface area contributed by atoms with Crippen LogP contribution in [0.1, 0.15) is 38.7 Å². The van der Waals surface area contributed by atoms with Gasteiger partial charge in [-0.15, -0.1) is 0 Å². The SMILES string of the molecule is CC.CC1=CCC(c2ccccc2)C(F)=C1. The van der Waals surface area contributed by atoms with Crippen molar-refractivity contribution in [2.75, 3.05) is 0 Å². The highest BCUT2D eigenvalue weighted by molar-refractivity contribution is 5.34. The minimum absolute atomic E-state index is 0.0174. The van der Waals surface area contributed by atoms with Crippen molar-refractivity contribution in [1.29, 1.82) is 0 Å². The van der Waals surface area contributed by atoms with E-state index in [4.69, 9.17) is 0 Å². The van der Waals surface area contributed by atoms with E-state index in [1.54, 1.807) is 6.08 Å². The summed E-state index contributed by atoms with van der Waals surface area (Å²) in [5.74, 6) is -0.0869. The molecule has 0 amide bonds. The van der Waals surface area contributed by atoms with Crippen molar-refractivity contribution in [3.63, 3.8) is 0 Å². The van der Waals surface area contributed by atoms with Gasteiger partial charge in [0.1, 0.15) is 5.83 Å². The lowest BCUT2D eigenvalue weighted by molar-refractivity contribution is 0.538. The Kier molecular flexibility index (Phi) is 4.97. The van der Waals surface area contributed by atoms with Crippen LogP contribution in [0.15, 0.2) is 53.9 Å². The first-order chi connectivity index (χ1) is 7.77. The van der Waals surface area contributed by atoms with Crippen LogP contribution in [-0.2, 0) is 0 Å². The Bertz CT molecular complexity index is 374. The predicted molar refractivity (Wildman–Crippen MR) is 68.1 cm³/mol. The van der Waals surface area contributed by atoms with Crippen molar-refractivity contribution >= 4 is 0 Å². The molecule has 0 bridgehead atoms. The van der Waals surface area contributed by atoms with E-state index in [9.17, 15) is 4.39 Å². The number of benzene rings is 1. The summed E-state index contributed by atoms with van der Waals surface area (Å²) in [6, 6.07) is 9.82. The third-order valence-electron chi connectivity index (χ3n) is 2.58. The third kappa shape index (κ3) is 3.06. The van der Waals surface area contributed by atoms with Crippen LogP contribution in [0.5, 0.6) is 0 Å². The molecule has 0 saturated carbocycles. The molecule has 0 fully saturated rings. The molecule has 0 spiro atoms. The normalized spacial score (nSPS) is 19.1. The molecule has 16 heavy (non-hydrogen) atoms. The Morgan fingerprint density at radius 2 is 1.75 bits per heavy atom. The number of rotatable bonds is 1.